The van der Waals surface area contributed by atoms with Gasteiger partial charge in [-0.3, -0.25) is 4.79 Å². The molecule has 0 aliphatic carbocycles. The lowest BCUT2D eigenvalue weighted by Gasteiger charge is -2.10. The van der Waals surface area contributed by atoms with Crippen LogP contribution in [0.15, 0.2) is 54.2 Å². The van der Waals surface area contributed by atoms with Gasteiger partial charge >= 0.3 is 5.97 Å². The summed E-state index contributed by atoms with van der Waals surface area (Å²) in [5.41, 5.74) is -0.130. The Balaban J connectivity index is 2.39. The molecule has 7 heteroatoms. The third kappa shape index (κ3) is 4.20. The SMILES string of the molecule is CCOC(=O)/C(C#N)=C(\O)c1cccnc1NC(=O)c1ccccc1. The second kappa shape index (κ2) is 8.26. The molecule has 1 amide bonds. The largest absolute Gasteiger partial charge is 0.506 e. The molecule has 2 aromatic rings. The van der Waals surface area contributed by atoms with Gasteiger partial charge in [0, 0.05) is 11.8 Å². The van der Waals surface area contributed by atoms with E-state index in [9.17, 15) is 14.7 Å². The monoisotopic (exact) mass is 337 g/mol. The zero-order valence-electron chi connectivity index (χ0n) is 13.4. The van der Waals surface area contributed by atoms with E-state index in [2.05, 4.69) is 10.3 Å². The van der Waals surface area contributed by atoms with Crippen LogP contribution < -0.4 is 5.32 Å². The number of nitrogens with zero attached hydrogens (tertiary/aromatic N) is 2. The van der Waals surface area contributed by atoms with Gasteiger partial charge in [0.25, 0.3) is 5.91 Å². The van der Waals surface area contributed by atoms with Gasteiger partial charge in [-0.05, 0) is 31.2 Å². The first-order valence-electron chi connectivity index (χ1n) is 7.40. The number of carbonyl (C=O) groups is 2. The van der Waals surface area contributed by atoms with Crippen molar-refractivity contribution in [3.63, 3.8) is 0 Å². The number of hydrogen-bond acceptors (Lipinski definition) is 6. The Hall–Kier alpha value is -3.66. The van der Waals surface area contributed by atoms with Crippen LogP contribution in [0.2, 0.25) is 0 Å². The molecule has 0 unspecified atom stereocenters. The molecular weight excluding hydrogens is 322 g/mol. The lowest BCUT2D eigenvalue weighted by molar-refractivity contribution is -0.138. The maximum atomic E-state index is 12.3. The van der Waals surface area contributed by atoms with Crippen molar-refractivity contribution in [3.05, 3.63) is 65.4 Å². The molecule has 0 spiro atoms. The van der Waals surface area contributed by atoms with Crippen LogP contribution in [0.1, 0.15) is 22.8 Å². The maximum Gasteiger partial charge on any atom is 0.352 e. The van der Waals surface area contributed by atoms with Crippen LogP contribution in [0.3, 0.4) is 0 Å². The summed E-state index contributed by atoms with van der Waals surface area (Å²) < 4.78 is 4.74. The fourth-order valence-corrected chi connectivity index (χ4v) is 2.00. The summed E-state index contributed by atoms with van der Waals surface area (Å²) >= 11 is 0. The van der Waals surface area contributed by atoms with Crippen molar-refractivity contribution in [2.75, 3.05) is 11.9 Å². The number of aliphatic hydroxyl groups is 1. The number of pyridine rings is 1. The van der Waals surface area contributed by atoms with E-state index < -0.39 is 23.2 Å². The second-order valence-electron chi connectivity index (χ2n) is 4.78. The van der Waals surface area contributed by atoms with Crippen molar-refractivity contribution in [2.45, 2.75) is 6.92 Å². The van der Waals surface area contributed by atoms with E-state index >= 15 is 0 Å². The molecule has 25 heavy (non-hydrogen) atoms. The number of rotatable bonds is 5. The number of nitrogens with one attached hydrogen (secondary N) is 1. The molecule has 2 rings (SSSR count). The Morgan fingerprint density at radius 3 is 2.60 bits per heavy atom. The molecule has 7 nitrogen and oxygen atoms in total. The molecule has 0 aliphatic rings. The van der Waals surface area contributed by atoms with Crippen molar-refractivity contribution in [3.8, 4) is 6.07 Å². The van der Waals surface area contributed by atoms with E-state index in [1.807, 2.05) is 0 Å². The summed E-state index contributed by atoms with van der Waals surface area (Å²) in [7, 11) is 0. The maximum absolute atomic E-state index is 12.3. The van der Waals surface area contributed by atoms with Crippen LogP contribution in [0, 0.1) is 11.3 Å². The molecule has 0 fully saturated rings. The van der Waals surface area contributed by atoms with Gasteiger partial charge in [0.2, 0.25) is 0 Å². The highest BCUT2D eigenvalue weighted by Crippen LogP contribution is 2.23. The summed E-state index contributed by atoms with van der Waals surface area (Å²) in [6.07, 6.45) is 1.41. The van der Waals surface area contributed by atoms with Gasteiger partial charge in [0.1, 0.15) is 11.9 Å². The molecule has 0 saturated heterocycles. The number of benzene rings is 1. The van der Waals surface area contributed by atoms with Crippen molar-refractivity contribution >= 4 is 23.5 Å². The minimum atomic E-state index is -0.952. The number of aromatic nitrogens is 1. The van der Waals surface area contributed by atoms with Gasteiger partial charge in [-0.15, -0.1) is 0 Å². The first-order chi connectivity index (χ1) is 12.1. The highest BCUT2D eigenvalue weighted by Gasteiger charge is 2.21. The van der Waals surface area contributed by atoms with E-state index in [4.69, 9.17) is 10.00 Å². The summed E-state index contributed by atoms with van der Waals surface area (Å²) in [5, 5.41) is 22.0. The van der Waals surface area contributed by atoms with Crippen molar-refractivity contribution in [1.29, 1.82) is 5.26 Å². The van der Waals surface area contributed by atoms with E-state index in [-0.39, 0.29) is 18.0 Å². The number of carbonyl (C=O) groups excluding carboxylic acids is 2. The molecule has 0 bridgehead atoms. The number of amides is 1. The normalized spacial score (nSPS) is 11.0. The van der Waals surface area contributed by atoms with Crippen molar-refractivity contribution in [1.82, 2.24) is 4.98 Å². The molecule has 126 valence electrons. The quantitative estimate of drug-likeness (QED) is 0.375. The minimum absolute atomic E-state index is 0.0194. The van der Waals surface area contributed by atoms with Gasteiger partial charge < -0.3 is 15.2 Å². The standard InChI is InChI=1S/C18H15N3O4/c1-2-25-18(24)14(11-19)15(22)13-9-6-10-20-16(13)21-17(23)12-7-4-3-5-8-12/h3-10,22H,2H2,1H3,(H,20,21,23)/b15-14-. The molecule has 1 aromatic heterocycles. The molecule has 0 radical (unpaired) electrons. The minimum Gasteiger partial charge on any atom is -0.506 e. The zero-order valence-corrected chi connectivity index (χ0v) is 13.4. The van der Waals surface area contributed by atoms with E-state index in [1.54, 1.807) is 43.3 Å². The summed E-state index contributed by atoms with van der Waals surface area (Å²) in [4.78, 5) is 28.0. The fourth-order valence-electron chi connectivity index (χ4n) is 2.00. The van der Waals surface area contributed by atoms with Crippen LogP contribution in [-0.4, -0.2) is 28.6 Å². The average Bonchev–Trinajstić information content (AvgIpc) is 2.63. The topological polar surface area (TPSA) is 112 Å². The smallest absolute Gasteiger partial charge is 0.352 e. The molecule has 2 N–H and O–H groups in total. The molecule has 0 saturated carbocycles. The van der Waals surface area contributed by atoms with Crippen LogP contribution in [0.25, 0.3) is 5.76 Å². The molecule has 0 aliphatic heterocycles. The Bertz CT molecular complexity index is 854. The highest BCUT2D eigenvalue weighted by atomic mass is 16.5. The van der Waals surface area contributed by atoms with Crippen LogP contribution >= 0.6 is 0 Å². The lowest BCUT2D eigenvalue weighted by atomic mass is 10.1. The number of hydrogen-bond donors (Lipinski definition) is 2. The predicted octanol–water partition coefficient (Wildman–Crippen LogP) is 2.69. The van der Waals surface area contributed by atoms with Gasteiger partial charge in [-0.2, -0.15) is 5.26 Å². The highest BCUT2D eigenvalue weighted by molar-refractivity contribution is 6.06. The Morgan fingerprint density at radius 2 is 1.96 bits per heavy atom. The zero-order chi connectivity index (χ0) is 18.2. The Kier molecular flexibility index (Phi) is 5.85. The first-order valence-corrected chi connectivity index (χ1v) is 7.40. The predicted molar refractivity (Wildman–Crippen MR) is 90.4 cm³/mol. The van der Waals surface area contributed by atoms with Crippen molar-refractivity contribution in [2.24, 2.45) is 0 Å². The van der Waals surface area contributed by atoms with E-state index in [0.29, 0.717) is 5.56 Å². The van der Waals surface area contributed by atoms with Crippen LogP contribution in [-0.2, 0) is 9.53 Å². The third-order valence-corrected chi connectivity index (χ3v) is 3.16. The first kappa shape index (κ1) is 17.7. The Labute approximate surface area is 144 Å². The lowest BCUT2D eigenvalue weighted by Crippen LogP contribution is -2.15. The Morgan fingerprint density at radius 1 is 1.24 bits per heavy atom. The van der Waals surface area contributed by atoms with E-state index in [0.717, 1.165) is 0 Å². The summed E-state index contributed by atoms with van der Waals surface area (Å²) in [6, 6.07) is 13.0. The van der Waals surface area contributed by atoms with Crippen molar-refractivity contribution < 1.29 is 19.4 Å². The van der Waals surface area contributed by atoms with Gasteiger partial charge in [0.15, 0.2) is 11.3 Å². The van der Waals surface area contributed by atoms with Gasteiger partial charge in [-0.1, -0.05) is 18.2 Å². The number of esters is 1. The fraction of sp³-hybridized carbons (Fsp3) is 0.111. The third-order valence-electron chi connectivity index (χ3n) is 3.16. The van der Waals surface area contributed by atoms with E-state index in [1.165, 1.54) is 18.3 Å². The summed E-state index contributed by atoms with van der Waals surface area (Å²) in [6.45, 7) is 1.64. The number of anilines is 1. The van der Waals surface area contributed by atoms with Gasteiger partial charge in [-0.25, -0.2) is 9.78 Å². The number of aliphatic hydroxyl groups excluding tert-OH is 1. The van der Waals surface area contributed by atoms with Crippen LogP contribution in [0.4, 0.5) is 5.82 Å². The molecular formula is C18H15N3O4. The second-order valence-corrected chi connectivity index (χ2v) is 4.78. The average molecular weight is 337 g/mol. The number of ether oxygens (including phenoxy) is 1. The van der Waals surface area contributed by atoms with Crippen LogP contribution in [0.5, 0.6) is 0 Å². The summed E-state index contributed by atoms with van der Waals surface area (Å²) in [5.74, 6) is -1.99. The molecule has 1 heterocycles. The number of nitriles is 1. The van der Waals surface area contributed by atoms with Gasteiger partial charge in [0.05, 0.1) is 12.2 Å². The molecule has 0 atom stereocenters. The molecule has 1 aromatic carbocycles.